The molecule has 2 aromatic carbocycles. The van der Waals surface area contributed by atoms with Crippen LogP contribution in [0.4, 0.5) is 0 Å². The lowest BCUT2D eigenvalue weighted by Crippen LogP contribution is -3.12. The molecule has 1 aliphatic rings. The lowest BCUT2D eigenvalue weighted by atomic mass is 9.95. The van der Waals surface area contributed by atoms with Gasteiger partial charge in [-0.1, -0.05) is 60.9 Å². The zero-order chi connectivity index (χ0) is 23.1. The Balaban J connectivity index is 2.04. The van der Waals surface area contributed by atoms with Gasteiger partial charge in [-0.05, 0) is 37.1 Å². The number of likely N-dealkylation sites (N-methyl/N-ethyl adjacent to an activating group) is 1. The van der Waals surface area contributed by atoms with E-state index in [0.717, 1.165) is 13.1 Å². The number of Topliss-reactive ketones (excluding diaryl/α,β-unsaturated/α-hetero) is 1. The van der Waals surface area contributed by atoms with Gasteiger partial charge in [0, 0.05) is 5.57 Å². The van der Waals surface area contributed by atoms with Crippen molar-refractivity contribution < 1.29 is 24.3 Å². The molecule has 0 radical (unpaired) electrons. The number of amides is 1. The molecule has 1 N–H and O–H groups in total. The van der Waals surface area contributed by atoms with Crippen LogP contribution in [0, 0.1) is 0 Å². The van der Waals surface area contributed by atoms with Crippen molar-refractivity contribution in [2.45, 2.75) is 19.9 Å². The number of hydrogen-bond acceptors (Lipinski definition) is 4. The number of benzene rings is 2. The summed E-state index contributed by atoms with van der Waals surface area (Å²) < 4.78 is 5.55. The molecule has 0 aromatic heterocycles. The summed E-state index contributed by atoms with van der Waals surface area (Å²) in [4.78, 5) is 28.9. The monoisotopic (exact) mass is 434 g/mol. The van der Waals surface area contributed by atoms with E-state index in [0.29, 0.717) is 36.6 Å². The fraction of sp³-hybridized carbons (Fsp3) is 0.308. The van der Waals surface area contributed by atoms with Crippen molar-refractivity contribution in [3.05, 3.63) is 84.0 Å². The summed E-state index contributed by atoms with van der Waals surface area (Å²) in [6, 6.07) is 15.1. The Bertz CT molecular complexity index is 979. The van der Waals surface area contributed by atoms with Crippen LogP contribution in [0.3, 0.4) is 0 Å². The van der Waals surface area contributed by atoms with Crippen LogP contribution >= 0.6 is 0 Å². The molecule has 2 aromatic rings. The van der Waals surface area contributed by atoms with E-state index in [1.165, 1.54) is 4.90 Å². The van der Waals surface area contributed by atoms with Crippen LogP contribution in [0.25, 0.3) is 5.76 Å². The van der Waals surface area contributed by atoms with Gasteiger partial charge in [0.1, 0.15) is 12.4 Å². The number of carbonyl (C=O) groups is 2. The molecule has 1 saturated heterocycles. The number of likely N-dealkylation sites (tertiary alicyclic amines) is 1. The van der Waals surface area contributed by atoms with Crippen molar-refractivity contribution in [1.82, 2.24) is 4.90 Å². The summed E-state index contributed by atoms with van der Waals surface area (Å²) in [7, 11) is 0. The smallest absolute Gasteiger partial charge is 0.295 e. The molecule has 1 unspecified atom stereocenters. The Morgan fingerprint density at radius 1 is 1.09 bits per heavy atom. The predicted molar refractivity (Wildman–Crippen MR) is 122 cm³/mol. The van der Waals surface area contributed by atoms with Crippen molar-refractivity contribution in [1.29, 1.82) is 0 Å². The first-order valence-electron chi connectivity index (χ1n) is 11.0. The summed E-state index contributed by atoms with van der Waals surface area (Å²) >= 11 is 0. The Morgan fingerprint density at radius 2 is 1.75 bits per heavy atom. The molecule has 1 amide bonds. The number of nitrogens with one attached hydrogen (secondary N) is 1. The highest BCUT2D eigenvalue weighted by Crippen LogP contribution is 2.38. The van der Waals surface area contributed by atoms with Gasteiger partial charge in [-0.3, -0.25) is 9.59 Å². The highest BCUT2D eigenvalue weighted by Gasteiger charge is 2.44. The van der Waals surface area contributed by atoms with Gasteiger partial charge in [-0.2, -0.15) is 0 Å². The molecule has 0 aliphatic carbocycles. The van der Waals surface area contributed by atoms with Crippen LogP contribution in [0.2, 0.25) is 0 Å². The molecule has 0 bridgehead atoms. The summed E-state index contributed by atoms with van der Waals surface area (Å²) in [5, 5.41) is 13.3. The van der Waals surface area contributed by atoms with E-state index in [9.17, 15) is 14.7 Å². The normalized spacial score (nSPS) is 17.7. The molecule has 6 heteroatoms. The van der Waals surface area contributed by atoms with Gasteiger partial charge in [0.05, 0.1) is 32.2 Å². The molecular formula is C26H30N2O4. The second kappa shape index (κ2) is 10.8. The quantitative estimate of drug-likeness (QED) is 0.266. The topological polar surface area (TPSA) is 74.1 Å². The highest BCUT2D eigenvalue weighted by atomic mass is 16.5. The molecule has 32 heavy (non-hydrogen) atoms. The van der Waals surface area contributed by atoms with Crippen molar-refractivity contribution in [3.63, 3.8) is 0 Å². The summed E-state index contributed by atoms with van der Waals surface area (Å²) in [6.07, 6.45) is 1.66. The minimum Gasteiger partial charge on any atom is -0.872 e. The number of carbonyl (C=O) groups excluding carboxylic acids is 2. The van der Waals surface area contributed by atoms with E-state index in [-0.39, 0.29) is 5.57 Å². The molecule has 1 atom stereocenters. The van der Waals surface area contributed by atoms with Crippen LogP contribution in [0.5, 0.6) is 5.75 Å². The van der Waals surface area contributed by atoms with Crippen molar-refractivity contribution in [2.24, 2.45) is 0 Å². The van der Waals surface area contributed by atoms with Gasteiger partial charge in [-0.15, -0.1) is 0 Å². The van der Waals surface area contributed by atoms with Gasteiger partial charge in [0.25, 0.3) is 5.91 Å². The average molecular weight is 435 g/mol. The number of hydrogen-bond donors (Lipinski definition) is 1. The maximum absolute atomic E-state index is 13.3. The Labute approximate surface area is 189 Å². The summed E-state index contributed by atoms with van der Waals surface area (Å²) in [5.41, 5.74) is 1.12. The molecule has 1 aliphatic heterocycles. The van der Waals surface area contributed by atoms with E-state index < -0.39 is 23.5 Å². The van der Waals surface area contributed by atoms with Gasteiger partial charge in [0.2, 0.25) is 5.78 Å². The van der Waals surface area contributed by atoms with E-state index in [4.69, 9.17) is 4.74 Å². The molecule has 6 nitrogen and oxygen atoms in total. The standard InChI is InChI=1S/C26H30N2O4/c1-4-18-32-21-14-12-19(13-15-21)23-22(24(29)20-10-8-7-9-11-20)25(30)26(31)28(23)17-16-27(5-2)6-3/h4,7-15,23,29H,1,5-6,16-18H2,2-3H3. The minimum atomic E-state index is -0.717. The molecule has 3 rings (SSSR count). The highest BCUT2D eigenvalue weighted by molar-refractivity contribution is 6.46. The van der Waals surface area contributed by atoms with Gasteiger partial charge in [-0.25, -0.2) is 0 Å². The van der Waals surface area contributed by atoms with Gasteiger partial charge >= 0.3 is 0 Å². The fourth-order valence-electron chi connectivity index (χ4n) is 3.98. The number of ketones is 1. The van der Waals surface area contributed by atoms with Crippen molar-refractivity contribution in [3.8, 4) is 5.75 Å². The third-order valence-electron chi connectivity index (χ3n) is 5.84. The van der Waals surface area contributed by atoms with Crippen molar-refractivity contribution >= 4 is 17.4 Å². The van der Waals surface area contributed by atoms with Crippen LogP contribution in [0.15, 0.2) is 72.8 Å². The maximum Gasteiger partial charge on any atom is 0.295 e. The third kappa shape index (κ3) is 4.92. The molecule has 0 saturated carbocycles. The zero-order valence-electron chi connectivity index (χ0n) is 18.7. The van der Waals surface area contributed by atoms with E-state index in [1.807, 2.05) is 18.2 Å². The predicted octanol–water partition coefficient (Wildman–Crippen LogP) is 1.40. The second-order valence-corrected chi connectivity index (χ2v) is 7.71. The Kier molecular flexibility index (Phi) is 7.84. The maximum atomic E-state index is 13.3. The van der Waals surface area contributed by atoms with Crippen LogP contribution < -0.4 is 14.7 Å². The Hall–Kier alpha value is -3.38. The molecule has 1 heterocycles. The first-order chi connectivity index (χ1) is 15.5. The van der Waals surface area contributed by atoms with Gasteiger partial charge in [0.15, 0.2) is 0 Å². The van der Waals surface area contributed by atoms with E-state index in [2.05, 4.69) is 20.4 Å². The number of nitrogens with zero attached hydrogens (tertiary/aromatic N) is 1. The van der Waals surface area contributed by atoms with E-state index >= 15 is 0 Å². The number of rotatable bonds is 10. The largest absolute Gasteiger partial charge is 0.872 e. The first kappa shape index (κ1) is 23.3. The molecule has 0 spiro atoms. The lowest BCUT2D eigenvalue weighted by Gasteiger charge is -2.28. The fourth-order valence-corrected chi connectivity index (χ4v) is 3.98. The molecule has 168 valence electrons. The summed E-state index contributed by atoms with van der Waals surface area (Å²) in [6.45, 7) is 11.1. The SMILES string of the molecule is C=CCOc1ccc(C2C(=C([O-])c3ccccc3)C(=O)C(=O)N2CC[NH+](CC)CC)cc1. The van der Waals surface area contributed by atoms with Crippen LogP contribution in [-0.2, 0) is 9.59 Å². The molecule has 1 fully saturated rings. The van der Waals surface area contributed by atoms with Gasteiger partial charge < -0.3 is 19.6 Å². The number of quaternary nitrogens is 1. The second-order valence-electron chi connectivity index (χ2n) is 7.71. The van der Waals surface area contributed by atoms with E-state index in [1.54, 1.807) is 47.4 Å². The summed E-state index contributed by atoms with van der Waals surface area (Å²) in [5.74, 6) is -1.09. The Morgan fingerprint density at radius 3 is 2.34 bits per heavy atom. The number of ether oxygens (including phenoxy) is 1. The van der Waals surface area contributed by atoms with Crippen molar-refractivity contribution in [2.75, 3.05) is 32.8 Å². The van der Waals surface area contributed by atoms with Crippen LogP contribution in [-0.4, -0.2) is 49.4 Å². The minimum absolute atomic E-state index is 0.00973. The lowest BCUT2D eigenvalue weighted by molar-refractivity contribution is -0.895. The molecular weight excluding hydrogens is 404 g/mol. The zero-order valence-corrected chi connectivity index (χ0v) is 18.7. The first-order valence-corrected chi connectivity index (χ1v) is 11.0. The average Bonchev–Trinajstić information content (AvgIpc) is 3.08. The van der Waals surface area contributed by atoms with Crippen LogP contribution in [0.1, 0.15) is 31.0 Å². The third-order valence-corrected chi connectivity index (χ3v) is 5.84.